The van der Waals surface area contributed by atoms with Crippen molar-refractivity contribution in [1.82, 2.24) is 20.6 Å². The molecule has 158 valence electrons. The molecule has 0 bridgehead atoms. The zero-order valence-corrected chi connectivity index (χ0v) is 17.2. The Kier molecular flexibility index (Phi) is 7.08. The molecule has 2 heterocycles. The minimum Gasteiger partial charge on any atom is -0.419 e. The van der Waals surface area contributed by atoms with Crippen LogP contribution in [0.4, 0.5) is 5.82 Å². The van der Waals surface area contributed by atoms with E-state index in [1.807, 2.05) is 31.0 Å². The summed E-state index contributed by atoms with van der Waals surface area (Å²) in [6.45, 7) is 3.90. The summed E-state index contributed by atoms with van der Waals surface area (Å²) in [5, 5.41) is 22.3. The molecular formula is C21H27N7O2. The van der Waals surface area contributed by atoms with Crippen LogP contribution >= 0.6 is 0 Å². The van der Waals surface area contributed by atoms with Crippen LogP contribution in [0.1, 0.15) is 36.6 Å². The Hall–Kier alpha value is -3.33. The van der Waals surface area contributed by atoms with Crippen molar-refractivity contribution in [3.8, 4) is 0 Å². The summed E-state index contributed by atoms with van der Waals surface area (Å²) in [7, 11) is 1.87. The highest BCUT2D eigenvalue weighted by Gasteiger charge is 2.31. The predicted molar refractivity (Wildman–Crippen MR) is 115 cm³/mol. The number of likely N-dealkylation sites (N-methyl/N-ethyl adjacent to an activating group) is 1. The van der Waals surface area contributed by atoms with Gasteiger partial charge in [0.1, 0.15) is 17.6 Å². The number of nitrogens with zero attached hydrogens (tertiary/aromatic N) is 3. The van der Waals surface area contributed by atoms with E-state index < -0.39 is 0 Å². The maximum atomic E-state index is 12.3. The smallest absolute Gasteiger partial charge is 0.242 e. The van der Waals surface area contributed by atoms with Crippen LogP contribution in [0.5, 0.6) is 0 Å². The molecule has 3 rings (SSSR count). The largest absolute Gasteiger partial charge is 0.419 e. The summed E-state index contributed by atoms with van der Waals surface area (Å²) in [5.74, 6) is 0.0987. The van der Waals surface area contributed by atoms with E-state index in [9.17, 15) is 4.79 Å². The van der Waals surface area contributed by atoms with Gasteiger partial charge in [-0.15, -0.1) is 0 Å². The van der Waals surface area contributed by atoms with Gasteiger partial charge in [-0.05, 0) is 44.5 Å². The van der Waals surface area contributed by atoms with E-state index in [1.54, 1.807) is 18.3 Å². The quantitative estimate of drug-likeness (QED) is 0.407. The van der Waals surface area contributed by atoms with Gasteiger partial charge >= 0.3 is 0 Å². The number of benzene rings is 1. The molecule has 1 fully saturated rings. The second kappa shape index (κ2) is 9.93. The molecule has 9 heteroatoms. The fourth-order valence-corrected chi connectivity index (χ4v) is 3.40. The number of hydrogen-bond acceptors (Lipinski definition) is 8. The lowest BCUT2D eigenvalue weighted by atomic mass is 10.1. The highest BCUT2D eigenvalue weighted by atomic mass is 16.5. The van der Waals surface area contributed by atoms with Crippen molar-refractivity contribution in [2.24, 2.45) is 0 Å². The molecule has 0 spiro atoms. The van der Waals surface area contributed by atoms with Crippen LogP contribution in [0, 0.1) is 10.8 Å². The van der Waals surface area contributed by atoms with E-state index in [1.165, 1.54) is 6.20 Å². The van der Waals surface area contributed by atoms with Crippen LogP contribution < -0.4 is 15.5 Å². The molecule has 0 radical (unpaired) electrons. The van der Waals surface area contributed by atoms with Gasteiger partial charge in [-0.3, -0.25) is 20.6 Å². The van der Waals surface area contributed by atoms with Crippen molar-refractivity contribution in [1.29, 1.82) is 10.8 Å². The van der Waals surface area contributed by atoms with Crippen molar-refractivity contribution in [3.63, 3.8) is 0 Å². The number of carbonyl (C=O) groups excluding carboxylic acids is 1. The van der Waals surface area contributed by atoms with Gasteiger partial charge in [-0.25, -0.2) is 4.98 Å². The van der Waals surface area contributed by atoms with Crippen LogP contribution in [-0.2, 0) is 16.1 Å². The fraction of sp³-hybridized carbons (Fsp3) is 0.381. The molecule has 0 saturated carbocycles. The van der Waals surface area contributed by atoms with Crippen LogP contribution in [-0.4, -0.2) is 53.8 Å². The number of carbonyl (C=O) groups is 1. The summed E-state index contributed by atoms with van der Waals surface area (Å²) < 4.78 is 5.40. The standard InChI is InChI=1S/C21H27N7O2/c1-3-26-21(29)17-5-4-10-28(17)18-13-25-12-16(27-18)20(23)30-19(22)15-8-6-14(7-9-15)11-24-2/h6-9,12-13,17,22-24H,3-5,10-11H2,1-2H3,(H,26,29)/t17-/m1/s1. The predicted octanol–water partition coefficient (Wildman–Crippen LogP) is 1.67. The summed E-state index contributed by atoms with van der Waals surface area (Å²) in [6, 6.07) is 7.08. The normalized spacial score (nSPS) is 15.7. The van der Waals surface area contributed by atoms with Crippen LogP contribution in [0.3, 0.4) is 0 Å². The number of nitrogens with one attached hydrogen (secondary N) is 4. The first-order valence-electron chi connectivity index (χ1n) is 9.99. The first-order chi connectivity index (χ1) is 14.5. The SMILES string of the molecule is CCNC(=O)[C@H]1CCCN1c1cncc(C(=N)OC(=N)c2ccc(CNC)cc2)n1. The molecule has 1 aromatic heterocycles. The minimum absolute atomic E-state index is 0.0305. The molecule has 1 saturated heterocycles. The molecule has 0 unspecified atom stereocenters. The van der Waals surface area contributed by atoms with Gasteiger partial charge in [0.2, 0.25) is 17.7 Å². The van der Waals surface area contributed by atoms with Gasteiger partial charge in [0.15, 0.2) is 0 Å². The number of ether oxygens (including phenoxy) is 1. The summed E-state index contributed by atoms with van der Waals surface area (Å²) in [6.07, 6.45) is 4.64. The first-order valence-corrected chi connectivity index (χ1v) is 9.99. The highest BCUT2D eigenvalue weighted by Crippen LogP contribution is 2.23. The first kappa shape index (κ1) is 21.4. The van der Waals surface area contributed by atoms with E-state index in [4.69, 9.17) is 15.6 Å². The Labute approximate surface area is 175 Å². The van der Waals surface area contributed by atoms with Crippen molar-refractivity contribution in [2.45, 2.75) is 32.4 Å². The van der Waals surface area contributed by atoms with Gasteiger partial charge in [0.05, 0.1) is 12.4 Å². The Morgan fingerprint density at radius 3 is 2.70 bits per heavy atom. The third kappa shape index (κ3) is 4.98. The molecule has 1 aromatic carbocycles. The Balaban J connectivity index is 1.69. The van der Waals surface area contributed by atoms with Gasteiger partial charge in [0, 0.05) is 25.2 Å². The highest BCUT2D eigenvalue weighted by molar-refractivity contribution is 6.04. The second-order valence-corrected chi connectivity index (χ2v) is 7.00. The third-order valence-corrected chi connectivity index (χ3v) is 4.86. The van der Waals surface area contributed by atoms with E-state index in [0.717, 1.165) is 24.9 Å². The van der Waals surface area contributed by atoms with Crippen molar-refractivity contribution < 1.29 is 9.53 Å². The van der Waals surface area contributed by atoms with E-state index >= 15 is 0 Å². The lowest BCUT2D eigenvalue weighted by molar-refractivity contribution is -0.122. The summed E-state index contributed by atoms with van der Waals surface area (Å²) >= 11 is 0. The topological polar surface area (TPSA) is 127 Å². The van der Waals surface area contributed by atoms with Crippen LogP contribution in [0.2, 0.25) is 0 Å². The Morgan fingerprint density at radius 2 is 2.00 bits per heavy atom. The molecule has 4 N–H and O–H groups in total. The molecule has 9 nitrogen and oxygen atoms in total. The average molecular weight is 409 g/mol. The maximum Gasteiger partial charge on any atom is 0.242 e. The molecule has 1 atom stereocenters. The number of anilines is 1. The zero-order valence-electron chi connectivity index (χ0n) is 17.2. The van der Waals surface area contributed by atoms with E-state index in [0.29, 0.717) is 24.5 Å². The van der Waals surface area contributed by atoms with Gasteiger partial charge in [-0.1, -0.05) is 12.1 Å². The third-order valence-electron chi connectivity index (χ3n) is 4.86. The average Bonchev–Trinajstić information content (AvgIpc) is 3.25. The van der Waals surface area contributed by atoms with E-state index in [-0.39, 0.29) is 29.4 Å². The van der Waals surface area contributed by atoms with Crippen LogP contribution in [0.25, 0.3) is 0 Å². The number of rotatable bonds is 7. The van der Waals surface area contributed by atoms with E-state index in [2.05, 4.69) is 20.6 Å². The van der Waals surface area contributed by atoms with Gasteiger partial charge < -0.3 is 20.3 Å². The molecule has 1 aliphatic rings. The van der Waals surface area contributed by atoms with Gasteiger partial charge in [-0.2, -0.15) is 0 Å². The second-order valence-electron chi connectivity index (χ2n) is 7.00. The lowest BCUT2D eigenvalue weighted by Crippen LogP contribution is -2.43. The van der Waals surface area contributed by atoms with Gasteiger partial charge in [0.25, 0.3) is 0 Å². The monoisotopic (exact) mass is 409 g/mol. The van der Waals surface area contributed by atoms with Crippen LogP contribution in [0.15, 0.2) is 36.7 Å². The lowest BCUT2D eigenvalue weighted by Gasteiger charge is -2.24. The minimum atomic E-state index is -0.293. The number of aromatic nitrogens is 2. The molecule has 1 aliphatic heterocycles. The summed E-state index contributed by atoms with van der Waals surface area (Å²) in [4.78, 5) is 22.8. The molecule has 2 aromatic rings. The molecule has 30 heavy (non-hydrogen) atoms. The van der Waals surface area contributed by atoms with Crippen molar-refractivity contribution >= 4 is 23.5 Å². The molecule has 1 amide bonds. The molecule has 0 aliphatic carbocycles. The maximum absolute atomic E-state index is 12.3. The van der Waals surface area contributed by atoms with Crippen molar-refractivity contribution in [2.75, 3.05) is 25.0 Å². The molecular weight excluding hydrogens is 382 g/mol. The van der Waals surface area contributed by atoms with Crippen molar-refractivity contribution in [3.05, 3.63) is 53.5 Å². The Morgan fingerprint density at radius 1 is 1.23 bits per heavy atom. The Bertz CT molecular complexity index is 914. The summed E-state index contributed by atoms with van der Waals surface area (Å²) in [5.41, 5.74) is 1.88. The zero-order chi connectivity index (χ0) is 21.5. The number of amides is 1. The fourth-order valence-electron chi connectivity index (χ4n) is 3.40. The number of hydrogen-bond donors (Lipinski definition) is 4.